The minimum atomic E-state index is 0. The molecular formula is C17H21Cl2N3O. The van der Waals surface area contributed by atoms with E-state index in [-0.39, 0.29) is 12.4 Å². The summed E-state index contributed by atoms with van der Waals surface area (Å²) in [6, 6.07) is 7.94. The lowest BCUT2D eigenvalue weighted by Gasteiger charge is -2.16. The van der Waals surface area contributed by atoms with E-state index in [0.29, 0.717) is 17.9 Å². The van der Waals surface area contributed by atoms with E-state index < -0.39 is 0 Å². The summed E-state index contributed by atoms with van der Waals surface area (Å²) in [5.41, 5.74) is 8.14. The molecule has 4 nitrogen and oxygen atoms in total. The lowest BCUT2D eigenvalue weighted by atomic mass is 9.98. The molecule has 2 N–H and O–H groups in total. The maximum absolute atomic E-state index is 6.20. The van der Waals surface area contributed by atoms with Crippen molar-refractivity contribution in [1.82, 2.24) is 9.88 Å². The molecule has 1 aliphatic carbocycles. The van der Waals surface area contributed by atoms with E-state index in [0.717, 1.165) is 41.8 Å². The SMILES string of the molecule is Cl.NC1CCC2CN(Cc3coc(-c4ccc(Cl)cc4)n3)CC12. The highest BCUT2D eigenvalue weighted by molar-refractivity contribution is 6.30. The summed E-state index contributed by atoms with van der Waals surface area (Å²) >= 11 is 5.91. The van der Waals surface area contributed by atoms with Gasteiger partial charge in [0.1, 0.15) is 6.26 Å². The fraction of sp³-hybridized carbons (Fsp3) is 0.471. The van der Waals surface area contributed by atoms with Gasteiger partial charge in [0.15, 0.2) is 0 Å². The number of halogens is 2. The van der Waals surface area contributed by atoms with E-state index >= 15 is 0 Å². The van der Waals surface area contributed by atoms with Crippen LogP contribution in [0.5, 0.6) is 0 Å². The highest BCUT2D eigenvalue weighted by atomic mass is 35.5. The standard InChI is InChI=1S/C17H20ClN3O.ClH/c18-13-4-1-11(2-5-13)17-20-14(10-22-17)8-21-7-12-3-6-16(19)15(12)9-21;/h1-2,4-5,10,12,15-16H,3,6-9,19H2;1H. The van der Waals surface area contributed by atoms with Gasteiger partial charge < -0.3 is 10.2 Å². The molecule has 1 saturated carbocycles. The van der Waals surface area contributed by atoms with Gasteiger partial charge in [0, 0.05) is 36.3 Å². The summed E-state index contributed by atoms with van der Waals surface area (Å²) in [7, 11) is 0. The number of nitrogens with zero attached hydrogens (tertiary/aromatic N) is 2. The molecule has 3 unspecified atom stereocenters. The summed E-state index contributed by atoms with van der Waals surface area (Å²) in [6.07, 6.45) is 4.23. The minimum absolute atomic E-state index is 0. The van der Waals surface area contributed by atoms with Crippen LogP contribution >= 0.6 is 24.0 Å². The molecule has 0 bridgehead atoms. The molecule has 6 heteroatoms. The van der Waals surface area contributed by atoms with Crippen LogP contribution in [0.25, 0.3) is 11.5 Å². The van der Waals surface area contributed by atoms with Gasteiger partial charge in [-0.3, -0.25) is 4.90 Å². The van der Waals surface area contributed by atoms with Crippen LogP contribution in [0.2, 0.25) is 5.02 Å². The largest absolute Gasteiger partial charge is 0.444 e. The van der Waals surface area contributed by atoms with Crippen molar-refractivity contribution in [3.63, 3.8) is 0 Å². The van der Waals surface area contributed by atoms with Gasteiger partial charge in [-0.1, -0.05) is 11.6 Å². The average molecular weight is 354 g/mol. The highest BCUT2D eigenvalue weighted by Crippen LogP contribution is 2.37. The maximum Gasteiger partial charge on any atom is 0.226 e. The fourth-order valence-corrected chi connectivity index (χ4v) is 3.99. The van der Waals surface area contributed by atoms with Crippen LogP contribution in [0.1, 0.15) is 18.5 Å². The van der Waals surface area contributed by atoms with E-state index in [9.17, 15) is 0 Å². The third kappa shape index (κ3) is 3.41. The molecule has 1 aliphatic heterocycles. The quantitative estimate of drug-likeness (QED) is 0.915. The molecule has 124 valence electrons. The van der Waals surface area contributed by atoms with E-state index in [4.69, 9.17) is 21.8 Å². The van der Waals surface area contributed by atoms with Crippen molar-refractivity contribution in [3.05, 3.63) is 41.2 Å². The molecule has 23 heavy (non-hydrogen) atoms. The number of rotatable bonds is 3. The van der Waals surface area contributed by atoms with Gasteiger partial charge in [0.2, 0.25) is 5.89 Å². The predicted molar refractivity (Wildman–Crippen MR) is 93.7 cm³/mol. The normalized spacial score (nSPS) is 27.0. The Morgan fingerprint density at radius 3 is 2.74 bits per heavy atom. The van der Waals surface area contributed by atoms with Crippen molar-refractivity contribution in [2.75, 3.05) is 13.1 Å². The van der Waals surface area contributed by atoms with Crippen LogP contribution in [0, 0.1) is 11.8 Å². The molecule has 2 fully saturated rings. The Bertz CT molecular complexity index is 658. The molecule has 0 radical (unpaired) electrons. The summed E-state index contributed by atoms with van der Waals surface area (Å²) in [5, 5.41) is 0.718. The minimum Gasteiger partial charge on any atom is -0.444 e. The molecule has 4 rings (SSSR count). The first kappa shape index (κ1) is 16.8. The smallest absolute Gasteiger partial charge is 0.226 e. The van der Waals surface area contributed by atoms with Gasteiger partial charge in [-0.05, 0) is 48.9 Å². The number of hydrogen-bond donors (Lipinski definition) is 1. The van der Waals surface area contributed by atoms with Crippen LogP contribution in [-0.2, 0) is 6.54 Å². The molecule has 3 atom stereocenters. The van der Waals surface area contributed by atoms with Crippen molar-refractivity contribution in [3.8, 4) is 11.5 Å². The van der Waals surface area contributed by atoms with Crippen molar-refractivity contribution >= 4 is 24.0 Å². The van der Waals surface area contributed by atoms with E-state index in [2.05, 4.69) is 9.88 Å². The van der Waals surface area contributed by atoms with Crippen molar-refractivity contribution in [2.24, 2.45) is 17.6 Å². The monoisotopic (exact) mass is 353 g/mol. The zero-order valence-electron chi connectivity index (χ0n) is 12.8. The highest BCUT2D eigenvalue weighted by Gasteiger charge is 2.40. The van der Waals surface area contributed by atoms with Gasteiger partial charge in [-0.15, -0.1) is 12.4 Å². The van der Waals surface area contributed by atoms with E-state index in [1.807, 2.05) is 24.3 Å². The van der Waals surface area contributed by atoms with Crippen molar-refractivity contribution in [1.29, 1.82) is 0 Å². The number of hydrogen-bond acceptors (Lipinski definition) is 4. The molecule has 2 aliphatic rings. The molecule has 2 aromatic rings. The Labute approximate surface area is 147 Å². The average Bonchev–Trinajstić information content (AvgIpc) is 3.19. The molecule has 1 aromatic carbocycles. The van der Waals surface area contributed by atoms with E-state index in [1.165, 1.54) is 12.8 Å². The van der Waals surface area contributed by atoms with Gasteiger partial charge in [-0.2, -0.15) is 0 Å². The number of benzene rings is 1. The first-order chi connectivity index (χ1) is 10.7. The number of aromatic nitrogens is 1. The van der Waals surface area contributed by atoms with Crippen LogP contribution in [0.15, 0.2) is 34.9 Å². The van der Waals surface area contributed by atoms with Gasteiger partial charge in [0.05, 0.1) is 5.69 Å². The predicted octanol–water partition coefficient (Wildman–Crippen LogP) is 3.59. The van der Waals surface area contributed by atoms with Crippen LogP contribution in [-0.4, -0.2) is 29.0 Å². The molecule has 2 heterocycles. The summed E-state index contributed by atoms with van der Waals surface area (Å²) in [4.78, 5) is 7.06. The van der Waals surface area contributed by atoms with Crippen molar-refractivity contribution < 1.29 is 4.42 Å². The molecular weight excluding hydrogens is 333 g/mol. The van der Waals surface area contributed by atoms with Crippen LogP contribution < -0.4 is 5.73 Å². The third-order valence-electron chi connectivity index (χ3n) is 5.02. The molecule has 0 spiro atoms. The number of oxazole rings is 1. The summed E-state index contributed by atoms with van der Waals surface area (Å²) < 4.78 is 5.61. The lowest BCUT2D eigenvalue weighted by Crippen LogP contribution is -2.30. The Kier molecular flexibility index (Phi) is 4.97. The van der Waals surface area contributed by atoms with Crippen LogP contribution in [0.4, 0.5) is 0 Å². The number of nitrogens with two attached hydrogens (primary N) is 1. The Hall–Kier alpha value is -1.07. The molecule has 0 amide bonds. The Morgan fingerprint density at radius 2 is 2.00 bits per heavy atom. The lowest BCUT2D eigenvalue weighted by molar-refractivity contribution is 0.294. The second kappa shape index (κ2) is 6.81. The van der Waals surface area contributed by atoms with Crippen molar-refractivity contribution in [2.45, 2.75) is 25.4 Å². The first-order valence-corrected chi connectivity index (χ1v) is 8.25. The van der Waals surface area contributed by atoms with Crippen LogP contribution in [0.3, 0.4) is 0 Å². The maximum atomic E-state index is 6.20. The third-order valence-corrected chi connectivity index (χ3v) is 5.27. The van der Waals surface area contributed by atoms with Gasteiger partial charge in [-0.25, -0.2) is 4.98 Å². The second-order valence-electron chi connectivity index (χ2n) is 6.51. The van der Waals surface area contributed by atoms with Gasteiger partial charge in [0.25, 0.3) is 0 Å². The topological polar surface area (TPSA) is 55.3 Å². The number of likely N-dealkylation sites (tertiary alicyclic amines) is 1. The fourth-order valence-electron chi connectivity index (χ4n) is 3.86. The van der Waals surface area contributed by atoms with E-state index in [1.54, 1.807) is 6.26 Å². The molecule has 1 saturated heterocycles. The van der Waals surface area contributed by atoms with Gasteiger partial charge >= 0.3 is 0 Å². The zero-order chi connectivity index (χ0) is 15.1. The first-order valence-electron chi connectivity index (χ1n) is 7.87. The number of fused-ring (bicyclic) bond motifs is 1. The Morgan fingerprint density at radius 1 is 1.22 bits per heavy atom. The summed E-state index contributed by atoms with van der Waals surface area (Å²) in [6.45, 7) is 3.08. The second-order valence-corrected chi connectivity index (χ2v) is 6.95. The zero-order valence-corrected chi connectivity index (χ0v) is 14.4. The summed E-state index contributed by atoms with van der Waals surface area (Å²) in [5.74, 6) is 2.10. The Balaban J connectivity index is 0.00000156. The molecule has 1 aromatic heterocycles.